The van der Waals surface area contributed by atoms with E-state index < -0.39 is 5.97 Å². The fourth-order valence-corrected chi connectivity index (χ4v) is 3.57. The van der Waals surface area contributed by atoms with E-state index in [2.05, 4.69) is 4.98 Å². The number of nitrogens with zero attached hydrogens (tertiary/aromatic N) is 2. The minimum Gasteiger partial charge on any atom is -0.477 e. The second kappa shape index (κ2) is 5.44. The second-order valence-electron chi connectivity index (χ2n) is 5.00. The summed E-state index contributed by atoms with van der Waals surface area (Å²) in [6, 6.07) is 4.72. The Morgan fingerprint density at radius 1 is 1.52 bits per heavy atom. The number of hydrogen-bond acceptors (Lipinski definition) is 4. The molecule has 0 saturated heterocycles. The molecule has 0 fully saturated rings. The van der Waals surface area contributed by atoms with Crippen LogP contribution < -0.4 is 4.90 Å². The lowest BCUT2D eigenvalue weighted by Gasteiger charge is -2.15. The van der Waals surface area contributed by atoms with Gasteiger partial charge in [-0.15, -0.1) is 0 Å². The number of hydrogen-bond donors (Lipinski definition) is 1. The van der Waals surface area contributed by atoms with Crippen LogP contribution in [0.3, 0.4) is 0 Å². The van der Waals surface area contributed by atoms with Gasteiger partial charge in [0.25, 0.3) is 0 Å². The van der Waals surface area contributed by atoms with Crippen molar-refractivity contribution in [2.24, 2.45) is 0 Å². The Hall–Kier alpha value is -1.95. The van der Waals surface area contributed by atoms with Gasteiger partial charge in [0.2, 0.25) is 0 Å². The maximum Gasteiger partial charge on any atom is 0.347 e. The van der Waals surface area contributed by atoms with Crippen LogP contribution in [0.15, 0.2) is 18.2 Å². The standard InChI is InChI=1S/C15H15FN2O2S/c1-2-3-11-13(14(19)20)21-15(17-11)18-7-6-9-4-5-10(16)8-12(9)18/h4-5,8H,2-3,6-7H2,1H3,(H,19,20). The van der Waals surface area contributed by atoms with Crippen LogP contribution in [-0.2, 0) is 12.8 Å². The molecule has 0 atom stereocenters. The van der Waals surface area contributed by atoms with Gasteiger partial charge in [-0.05, 0) is 30.5 Å². The Labute approximate surface area is 125 Å². The average molecular weight is 306 g/mol. The van der Waals surface area contributed by atoms with Crippen LogP contribution in [0.25, 0.3) is 0 Å². The van der Waals surface area contributed by atoms with Crippen molar-refractivity contribution in [1.82, 2.24) is 4.98 Å². The summed E-state index contributed by atoms with van der Waals surface area (Å²) in [7, 11) is 0. The fourth-order valence-electron chi connectivity index (χ4n) is 2.58. The number of carboxylic acids is 1. The number of carboxylic acid groups (broad SMARTS) is 1. The number of fused-ring (bicyclic) bond motifs is 1. The van der Waals surface area contributed by atoms with Crippen molar-refractivity contribution in [3.05, 3.63) is 40.2 Å². The third-order valence-corrected chi connectivity index (χ3v) is 4.65. The normalized spacial score (nSPS) is 13.5. The summed E-state index contributed by atoms with van der Waals surface area (Å²) in [4.78, 5) is 18.0. The van der Waals surface area contributed by atoms with Gasteiger partial charge in [-0.2, -0.15) is 0 Å². The molecule has 0 aliphatic carbocycles. The zero-order valence-electron chi connectivity index (χ0n) is 11.6. The second-order valence-corrected chi connectivity index (χ2v) is 5.98. The molecule has 0 radical (unpaired) electrons. The Morgan fingerprint density at radius 2 is 2.33 bits per heavy atom. The topological polar surface area (TPSA) is 53.4 Å². The quantitative estimate of drug-likeness (QED) is 0.937. The molecule has 1 aliphatic heterocycles. The molecule has 21 heavy (non-hydrogen) atoms. The zero-order chi connectivity index (χ0) is 15.0. The highest BCUT2D eigenvalue weighted by Gasteiger charge is 2.26. The molecule has 1 aromatic heterocycles. The minimum atomic E-state index is -0.944. The fraction of sp³-hybridized carbons (Fsp3) is 0.333. The maximum absolute atomic E-state index is 13.4. The first-order valence-electron chi connectivity index (χ1n) is 6.89. The first kappa shape index (κ1) is 14.0. The first-order chi connectivity index (χ1) is 10.1. The molecular weight excluding hydrogens is 291 g/mol. The smallest absolute Gasteiger partial charge is 0.347 e. The lowest BCUT2D eigenvalue weighted by molar-refractivity contribution is 0.0700. The van der Waals surface area contributed by atoms with Gasteiger partial charge in [-0.25, -0.2) is 14.2 Å². The molecule has 0 unspecified atom stereocenters. The summed E-state index contributed by atoms with van der Waals surface area (Å²) in [6.45, 7) is 2.70. The van der Waals surface area contributed by atoms with Gasteiger partial charge < -0.3 is 10.0 Å². The van der Waals surface area contributed by atoms with E-state index in [0.717, 1.165) is 24.1 Å². The number of aromatic nitrogens is 1. The molecule has 4 nitrogen and oxygen atoms in total. The number of benzene rings is 1. The molecule has 0 amide bonds. The number of carbonyl (C=O) groups is 1. The zero-order valence-corrected chi connectivity index (χ0v) is 12.4. The van der Waals surface area contributed by atoms with Crippen molar-refractivity contribution in [1.29, 1.82) is 0 Å². The van der Waals surface area contributed by atoms with E-state index in [9.17, 15) is 14.3 Å². The van der Waals surface area contributed by atoms with Crippen LogP contribution in [0.2, 0.25) is 0 Å². The third-order valence-electron chi connectivity index (χ3n) is 3.54. The summed E-state index contributed by atoms with van der Waals surface area (Å²) < 4.78 is 13.4. The van der Waals surface area contributed by atoms with Crippen molar-refractivity contribution < 1.29 is 14.3 Å². The lowest BCUT2D eigenvalue weighted by Crippen LogP contribution is -2.13. The lowest BCUT2D eigenvalue weighted by atomic mass is 10.2. The van der Waals surface area contributed by atoms with Gasteiger partial charge in [-0.3, -0.25) is 0 Å². The molecule has 1 aliphatic rings. The van der Waals surface area contributed by atoms with E-state index in [0.29, 0.717) is 23.8 Å². The average Bonchev–Trinajstić information content (AvgIpc) is 3.02. The first-order valence-corrected chi connectivity index (χ1v) is 7.70. The molecule has 3 rings (SSSR count). The summed E-state index contributed by atoms with van der Waals surface area (Å²) in [5.74, 6) is -1.23. The number of halogens is 1. The molecule has 2 heterocycles. The van der Waals surface area contributed by atoms with Crippen molar-refractivity contribution in [3.8, 4) is 0 Å². The van der Waals surface area contributed by atoms with Crippen LogP contribution in [-0.4, -0.2) is 22.6 Å². The van der Waals surface area contributed by atoms with E-state index >= 15 is 0 Å². The van der Waals surface area contributed by atoms with Gasteiger partial charge in [0.15, 0.2) is 5.13 Å². The van der Waals surface area contributed by atoms with Crippen molar-refractivity contribution in [3.63, 3.8) is 0 Å². The monoisotopic (exact) mass is 306 g/mol. The van der Waals surface area contributed by atoms with Crippen LogP contribution >= 0.6 is 11.3 Å². The summed E-state index contributed by atoms with van der Waals surface area (Å²) >= 11 is 1.17. The van der Waals surface area contributed by atoms with Crippen molar-refractivity contribution in [2.75, 3.05) is 11.4 Å². The van der Waals surface area contributed by atoms with E-state index in [1.807, 2.05) is 11.8 Å². The van der Waals surface area contributed by atoms with Gasteiger partial charge in [0.05, 0.1) is 5.69 Å². The molecule has 2 aromatic rings. The summed E-state index contributed by atoms with van der Waals surface area (Å²) in [6.07, 6.45) is 2.30. The predicted octanol–water partition coefficient (Wildman–Crippen LogP) is 3.63. The minimum absolute atomic E-state index is 0.288. The van der Waals surface area contributed by atoms with E-state index in [4.69, 9.17) is 0 Å². The summed E-state index contributed by atoms with van der Waals surface area (Å²) in [5, 5.41) is 9.92. The van der Waals surface area contributed by atoms with Gasteiger partial charge in [-0.1, -0.05) is 30.7 Å². The van der Waals surface area contributed by atoms with Crippen LogP contribution in [0, 0.1) is 5.82 Å². The Balaban J connectivity index is 2.01. The van der Waals surface area contributed by atoms with Crippen molar-refractivity contribution in [2.45, 2.75) is 26.2 Å². The number of aromatic carboxylic acids is 1. The van der Waals surface area contributed by atoms with Crippen LogP contribution in [0.1, 0.15) is 34.3 Å². The van der Waals surface area contributed by atoms with E-state index in [1.54, 1.807) is 6.07 Å². The molecule has 6 heteroatoms. The van der Waals surface area contributed by atoms with E-state index in [-0.39, 0.29) is 10.7 Å². The highest BCUT2D eigenvalue weighted by Crippen LogP contribution is 2.38. The molecule has 1 N–H and O–H groups in total. The molecular formula is C15H15FN2O2S. The highest BCUT2D eigenvalue weighted by atomic mass is 32.1. The molecule has 110 valence electrons. The maximum atomic E-state index is 13.4. The Kier molecular flexibility index (Phi) is 3.63. The SMILES string of the molecule is CCCc1nc(N2CCc3ccc(F)cc32)sc1C(=O)O. The summed E-state index contributed by atoms with van der Waals surface area (Å²) in [5.41, 5.74) is 2.49. The Morgan fingerprint density at radius 3 is 3.05 bits per heavy atom. The number of anilines is 2. The molecule has 0 saturated carbocycles. The third kappa shape index (κ3) is 2.51. The van der Waals surface area contributed by atoms with Gasteiger partial charge in [0, 0.05) is 12.2 Å². The molecule has 0 bridgehead atoms. The van der Waals surface area contributed by atoms with Crippen LogP contribution in [0.4, 0.5) is 15.2 Å². The molecule has 0 spiro atoms. The number of aryl methyl sites for hydroxylation is 1. The van der Waals surface area contributed by atoms with Crippen LogP contribution in [0.5, 0.6) is 0 Å². The number of rotatable bonds is 4. The predicted molar refractivity (Wildman–Crippen MR) is 80.2 cm³/mol. The van der Waals surface area contributed by atoms with E-state index in [1.165, 1.54) is 23.5 Å². The molecule has 1 aromatic carbocycles. The number of thiazole rings is 1. The largest absolute Gasteiger partial charge is 0.477 e. The van der Waals surface area contributed by atoms with Crippen molar-refractivity contribution >= 4 is 28.1 Å². The van der Waals surface area contributed by atoms with Gasteiger partial charge >= 0.3 is 5.97 Å². The van der Waals surface area contributed by atoms with Gasteiger partial charge in [0.1, 0.15) is 10.7 Å². The highest BCUT2D eigenvalue weighted by molar-refractivity contribution is 7.17. The Bertz CT molecular complexity index is 699.